The van der Waals surface area contributed by atoms with Crippen molar-refractivity contribution in [2.45, 2.75) is 25.3 Å². The summed E-state index contributed by atoms with van der Waals surface area (Å²) < 4.78 is 6.51. The van der Waals surface area contributed by atoms with E-state index in [0.29, 0.717) is 6.04 Å². The molecule has 0 amide bonds. The quantitative estimate of drug-likeness (QED) is 0.506. The highest BCUT2D eigenvalue weighted by atomic mass is 127. The van der Waals surface area contributed by atoms with Gasteiger partial charge in [-0.1, -0.05) is 12.1 Å². The van der Waals surface area contributed by atoms with Crippen molar-refractivity contribution in [3.63, 3.8) is 0 Å². The number of halogens is 1. The molecule has 0 spiro atoms. The van der Waals surface area contributed by atoms with Gasteiger partial charge in [0, 0.05) is 18.4 Å². The topological polar surface area (TPSA) is 9.23 Å². The second kappa shape index (κ2) is 5.57. The smallest absolute Gasteiger partial charge is 0.122 e. The van der Waals surface area contributed by atoms with Crippen LogP contribution >= 0.6 is 0 Å². The molecule has 0 N–H and O–H groups in total. The molecule has 3 heteroatoms. The van der Waals surface area contributed by atoms with Crippen LogP contribution in [0.4, 0.5) is 0 Å². The van der Waals surface area contributed by atoms with Crippen molar-refractivity contribution in [1.82, 2.24) is 0 Å². The number of nitrogens with zero attached hydrogens (tertiary/aromatic N) is 1. The molecule has 1 aliphatic carbocycles. The fraction of sp³-hybridized carbons (Fsp3) is 0.571. The molecular formula is C14H22INO. The Morgan fingerprint density at radius 2 is 1.94 bits per heavy atom. The third-order valence-corrected chi connectivity index (χ3v) is 3.73. The lowest BCUT2D eigenvalue weighted by Crippen LogP contribution is -3.00. The van der Waals surface area contributed by atoms with E-state index >= 15 is 0 Å². The van der Waals surface area contributed by atoms with Crippen LogP contribution in [-0.4, -0.2) is 38.8 Å². The van der Waals surface area contributed by atoms with Gasteiger partial charge in [0.05, 0.1) is 34.3 Å². The van der Waals surface area contributed by atoms with Crippen LogP contribution in [0.3, 0.4) is 0 Å². The molecule has 0 saturated carbocycles. The minimum atomic E-state index is 0. The predicted molar refractivity (Wildman–Crippen MR) is 66.8 cm³/mol. The van der Waals surface area contributed by atoms with E-state index in [2.05, 4.69) is 39.3 Å². The molecule has 0 aliphatic heterocycles. The van der Waals surface area contributed by atoms with Crippen molar-refractivity contribution < 1.29 is 33.2 Å². The number of aryl methyl sites for hydroxylation is 1. The maximum absolute atomic E-state index is 5.47. The molecule has 0 heterocycles. The highest BCUT2D eigenvalue weighted by Gasteiger charge is 2.30. The normalized spacial score (nSPS) is 19.2. The second-order valence-electron chi connectivity index (χ2n) is 5.61. The zero-order valence-electron chi connectivity index (χ0n) is 11.2. The van der Waals surface area contributed by atoms with E-state index in [9.17, 15) is 0 Å². The average Bonchev–Trinajstić information content (AvgIpc) is 2.26. The number of rotatable bonds is 2. The summed E-state index contributed by atoms with van der Waals surface area (Å²) >= 11 is 0. The minimum absolute atomic E-state index is 0. The number of likely N-dealkylation sites (N-methyl/N-ethyl adjacent to an activating group) is 1. The van der Waals surface area contributed by atoms with Crippen molar-refractivity contribution in [1.29, 1.82) is 0 Å². The molecule has 2 rings (SSSR count). The number of hydrogen-bond acceptors (Lipinski definition) is 1. The summed E-state index contributed by atoms with van der Waals surface area (Å²) in [7, 11) is 8.62. The summed E-state index contributed by atoms with van der Waals surface area (Å²) in [6.07, 6.45) is 3.61. The average molecular weight is 347 g/mol. The Hall–Kier alpha value is -0.290. The van der Waals surface area contributed by atoms with E-state index in [1.807, 2.05) is 0 Å². The van der Waals surface area contributed by atoms with Crippen LogP contribution in [-0.2, 0) is 12.8 Å². The number of ether oxygens (including phenoxy) is 1. The summed E-state index contributed by atoms with van der Waals surface area (Å²) in [5.74, 6) is 1.07. The molecule has 0 saturated heterocycles. The van der Waals surface area contributed by atoms with E-state index < -0.39 is 0 Å². The Labute approximate surface area is 122 Å². The second-order valence-corrected chi connectivity index (χ2v) is 5.61. The first-order valence-corrected chi connectivity index (χ1v) is 5.98. The summed E-state index contributed by atoms with van der Waals surface area (Å²) in [4.78, 5) is 0. The van der Waals surface area contributed by atoms with Crippen molar-refractivity contribution in [2.75, 3.05) is 28.3 Å². The molecule has 96 valence electrons. The number of hydrogen-bond donors (Lipinski definition) is 0. The highest BCUT2D eigenvalue weighted by molar-refractivity contribution is 5.42. The van der Waals surface area contributed by atoms with Crippen LogP contribution < -0.4 is 28.7 Å². The maximum atomic E-state index is 5.47. The standard InChI is InChI=1S/C14H22NO.HI/c1-15(2,3)12-9-8-11-6-5-7-14(16-4)13(11)10-12;/h5-7,12H,8-10H2,1-4H3;1H/q+1;/p-1. The Balaban J connectivity index is 0.00000144. The van der Waals surface area contributed by atoms with Gasteiger partial charge >= 0.3 is 0 Å². The van der Waals surface area contributed by atoms with Gasteiger partial charge in [0.25, 0.3) is 0 Å². The van der Waals surface area contributed by atoms with Gasteiger partial charge in [-0.3, -0.25) is 0 Å². The van der Waals surface area contributed by atoms with E-state index in [1.54, 1.807) is 7.11 Å². The van der Waals surface area contributed by atoms with Crippen molar-refractivity contribution >= 4 is 0 Å². The fourth-order valence-corrected chi connectivity index (χ4v) is 2.59. The maximum Gasteiger partial charge on any atom is 0.122 e. The summed E-state index contributed by atoms with van der Waals surface area (Å²) in [5.41, 5.74) is 2.90. The predicted octanol–water partition coefficient (Wildman–Crippen LogP) is -0.737. The van der Waals surface area contributed by atoms with Gasteiger partial charge in [-0.05, 0) is 18.1 Å². The fourth-order valence-electron chi connectivity index (χ4n) is 2.59. The molecule has 17 heavy (non-hydrogen) atoms. The molecule has 1 aliphatic rings. The van der Waals surface area contributed by atoms with Crippen molar-refractivity contribution in [2.24, 2.45) is 0 Å². The van der Waals surface area contributed by atoms with Gasteiger partial charge in [0.15, 0.2) is 0 Å². The van der Waals surface area contributed by atoms with Gasteiger partial charge in [0.1, 0.15) is 5.75 Å². The molecule has 0 radical (unpaired) electrons. The monoisotopic (exact) mass is 347 g/mol. The zero-order valence-corrected chi connectivity index (χ0v) is 13.3. The largest absolute Gasteiger partial charge is 1.00 e. The first-order chi connectivity index (χ1) is 7.52. The first kappa shape index (κ1) is 14.8. The van der Waals surface area contributed by atoms with Gasteiger partial charge in [-0.2, -0.15) is 0 Å². The Morgan fingerprint density at radius 1 is 1.24 bits per heavy atom. The van der Waals surface area contributed by atoms with Crippen molar-refractivity contribution in [3.05, 3.63) is 29.3 Å². The SMILES string of the molecule is COc1cccc2c1CC([N+](C)(C)C)CC2.[I-]. The number of benzene rings is 1. The molecular weight excluding hydrogens is 325 g/mol. The molecule has 1 atom stereocenters. The number of methoxy groups -OCH3 is 1. The van der Waals surface area contributed by atoms with Gasteiger partial charge < -0.3 is 33.2 Å². The number of fused-ring (bicyclic) bond motifs is 1. The lowest BCUT2D eigenvalue weighted by atomic mass is 9.86. The Bertz CT molecular complexity index is 370. The highest BCUT2D eigenvalue weighted by Crippen LogP contribution is 2.32. The van der Waals surface area contributed by atoms with E-state index in [1.165, 1.54) is 24.0 Å². The third kappa shape index (κ3) is 3.13. The summed E-state index contributed by atoms with van der Waals surface area (Å²) in [6, 6.07) is 7.13. The summed E-state index contributed by atoms with van der Waals surface area (Å²) in [6.45, 7) is 0. The molecule has 0 fully saturated rings. The Kier molecular flexibility index (Phi) is 4.84. The minimum Gasteiger partial charge on any atom is -1.00 e. The summed E-state index contributed by atoms with van der Waals surface area (Å²) in [5, 5.41) is 0. The van der Waals surface area contributed by atoms with Crippen LogP contribution in [0.1, 0.15) is 17.5 Å². The van der Waals surface area contributed by atoms with Crippen LogP contribution in [0.2, 0.25) is 0 Å². The Morgan fingerprint density at radius 3 is 2.53 bits per heavy atom. The third-order valence-electron chi connectivity index (χ3n) is 3.73. The van der Waals surface area contributed by atoms with Gasteiger partial charge in [-0.15, -0.1) is 0 Å². The lowest BCUT2D eigenvalue weighted by Gasteiger charge is -2.37. The van der Waals surface area contributed by atoms with Crippen LogP contribution in [0, 0.1) is 0 Å². The van der Waals surface area contributed by atoms with Crippen molar-refractivity contribution in [3.8, 4) is 5.75 Å². The van der Waals surface area contributed by atoms with Crippen LogP contribution in [0.15, 0.2) is 18.2 Å². The first-order valence-electron chi connectivity index (χ1n) is 5.98. The molecule has 1 aromatic carbocycles. The van der Waals surface area contributed by atoms with Gasteiger partial charge in [0.2, 0.25) is 0 Å². The molecule has 0 aromatic heterocycles. The van der Waals surface area contributed by atoms with E-state index in [4.69, 9.17) is 4.74 Å². The molecule has 2 nitrogen and oxygen atoms in total. The van der Waals surface area contributed by atoms with Crippen LogP contribution in [0.5, 0.6) is 5.75 Å². The number of quaternary nitrogens is 1. The van der Waals surface area contributed by atoms with E-state index in [-0.39, 0.29) is 24.0 Å². The van der Waals surface area contributed by atoms with Crippen LogP contribution in [0.25, 0.3) is 0 Å². The lowest BCUT2D eigenvalue weighted by molar-refractivity contribution is -0.896. The van der Waals surface area contributed by atoms with Gasteiger partial charge in [-0.25, -0.2) is 0 Å². The van der Waals surface area contributed by atoms with E-state index in [0.717, 1.165) is 16.7 Å². The molecule has 0 bridgehead atoms. The molecule has 1 unspecified atom stereocenters. The zero-order chi connectivity index (χ0) is 11.8. The molecule has 1 aromatic rings.